The molecule has 1 aliphatic heterocycles. The second-order valence-electron chi connectivity index (χ2n) is 5.10. The van der Waals surface area contributed by atoms with Crippen molar-refractivity contribution in [2.75, 3.05) is 27.2 Å². The van der Waals surface area contributed by atoms with Crippen LogP contribution in [0.1, 0.15) is 25.7 Å². The van der Waals surface area contributed by atoms with Crippen LogP contribution in [0.15, 0.2) is 0 Å². The number of nitrogens with zero attached hydrogens (tertiary/aromatic N) is 2. The molecule has 1 saturated carbocycles. The standard InChI is InChI=1S/C11H23N3/c1-13-5-3-4-10(13)8-14(2)11-6-9(12)7-11/h9-11H,3-8,12H2,1-2H3. The highest BCUT2D eigenvalue weighted by molar-refractivity contribution is 4.90. The smallest absolute Gasteiger partial charge is 0.0220 e. The van der Waals surface area contributed by atoms with Crippen molar-refractivity contribution in [2.24, 2.45) is 5.73 Å². The van der Waals surface area contributed by atoms with Gasteiger partial charge in [0.2, 0.25) is 0 Å². The molecule has 0 aromatic rings. The van der Waals surface area contributed by atoms with Crippen molar-refractivity contribution in [3.05, 3.63) is 0 Å². The molecule has 2 aliphatic rings. The van der Waals surface area contributed by atoms with Crippen LogP contribution in [0.4, 0.5) is 0 Å². The van der Waals surface area contributed by atoms with E-state index in [1.165, 1.54) is 38.8 Å². The lowest BCUT2D eigenvalue weighted by Gasteiger charge is -2.41. The third-order valence-corrected chi connectivity index (χ3v) is 3.94. The maximum atomic E-state index is 5.81. The van der Waals surface area contributed by atoms with E-state index in [0.29, 0.717) is 6.04 Å². The van der Waals surface area contributed by atoms with Gasteiger partial charge in [-0.25, -0.2) is 0 Å². The van der Waals surface area contributed by atoms with Gasteiger partial charge in [-0.05, 0) is 46.3 Å². The zero-order valence-corrected chi connectivity index (χ0v) is 9.45. The molecule has 2 fully saturated rings. The number of hydrogen-bond donors (Lipinski definition) is 1. The quantitative estimate of drug-likeness (QED) is 0.715. The van der Waals surface area contributed by atoms with Crippen LogP contribution in [0, 0.1) is 0 Å². The van der Waals surface area contributed by atoms with E-state index >= 15 is 0 Å². The summed E-state index contributed by atoms with van der Waals surface area (Å²) in [6, 6.07) is 2.03. The van der Waals surface area contributed by atoms with Crippen LogP contribution in [0.25, 0.3) is 0 Å². The van der Waals surface area contributed by atoms with Crippen molar-refractivity contribution in [3.63, 3.8) is 0 Å². The molecule has 1 unspecified atom stereocenters. The van der Waals surface area contributed by atoms with Crippen molar-refractivity contribution in [1.29, 1.82) is 0 Å². The van der Waals surface area contributed by atoms with Gasteiger partial charge in [0.1, 0.15) is 0 Å². The molecule has 1 aliphatic carbocycles. The van der Waals surface area contributed by atoms with Crippen LogP contribution >= 0.6 is 0 Å². The van der Waals surface area contributed by atoms with E-state index in [0.717, 1.165) is 12.1 Å². The van der Waals surface area contributed by atoms with Crippen LogP contribution < -0.4 is 5.73 Å². The molecular formula is C11H23N3. The number of hydrogen-bond acceptors (Lipinski definition) is 3. The van der Waals surface area contributed by atoms with Crippen molar-refractivity contribution < 1.29 is 0 Å². The Balaban J connectivity index is 1.74. The van der Waals surface area contributed by atoms with Gasteiger partial charge >= 0.3 is 0 Å². The second kappa shape index (κ2) is 4.17. The Bertz CT molecular complexity index is 189. The summed E-state index contributed by atoms with van der Waals surface area (Å²) in [5.41, 5.74) is 5.81. The largest absolute Gasteiger partial charge is 0.328 e. The highest BCUT2D eigenvalue weighted by Gasteiger charge is 2.31. The average molecular weight is 197 g/mol. The molecule has 0 aromatic carbocycles. The third-order valence-electron chi connectivity index (χ3n) is 3.94. The summed E-state index contributed by atoms with van der Waals surface area (Å²) in [5, 5.41) is 0. The summed E-state index contributed by atoms with van der Waals surface area (Å²) < 4.78 is 0. The highest BCUT2D eigenvalue weighted by atomic mass is 15.2. The van der Waals surface area contributed by atoms with Gasteiger partial charge in [-0.2, -0.15) is 0 Å². The molecule has 0 aromatic heterocycles. The summed E-state index contributed by atoms with van der Waals surface area (Å²) in [6.45, 7) is 2.51. The zero-order valence-electron chi connectivity index (χ0n) is 9.45. The van der Waals surface area contributed by atoms with Crippen molar-refractivity contribution >= 4 is 0 Å². The second-order valence-corrected chi connectivity index (χ2v) is 5.10. The predicted octanol–water partition coefficient (Wildman–Crippen LogP) is 0.502. The molecule has 1 atom stereocenters. The topological polar surface area (TPSA) is 32.5 Å². The molecule has 0 radical (unpaired) electrons. The summed E-state index contributed by atoms with van der Waals surface area (Å²) in [4.78, 5) is 5.00. The molecule has 0 amide bonds. The maximum Gasteiger partial charge on any atom is 0.0220 e. The summed E-state index contributed by atoms with van der Waals surface area (Å²) in [7, 11) is 4.50. The van der Waals surface area contributed by atoms with Gasteiger partial charge < -0.3 is 15.5 Å². The number of likely N-dealkylation sites (N-methyl/N-ethyl adjacent to an activating group) is 2. The zero-order chi connectivity index (χ0) is 10.1. The van der Waals surface area contributed by atoms with Gasteiger partial charge in [-0.1, -0.05) is 0 Å². The summed E-state index contributed by atoms with van der Waals surface area (Å²) in [5.74, 6) is 0. The van der Waals surface area contributed by atoms with E-state index in [2.05, 4.69) is 23.9 Å². The van der Waals surface area contributed by atoms with Gasteiger partial charge in [0.15, 0.2) is 0 Å². The lowest BCUT2D eigenvalue weighted by atomic mass is 9.86. The molecule has 82 valence electrons. The molecular weight excluding hydrogens is 174 g/mol. The molecule has 1 saturated heterocycles. The van der Waals surface area contributed by atoms with Crippen LogP contribution in [0.3, 0.4) is 0 Å². The normalized spacial score (nSPS) is 39.0. The van der Waals surface area contributed by atoms with E-state index < -0.39 is 0 Å². The van der Waals surface area contributed by atoms with Gasteiger partial charge in [-0.15, -0.1) is 0 Å². The molecule has 1 heterocycles. The van der Waals surface area contributed by atoms with E-state index in [1.807, 2.05) is 0 Å². The first-order chi connectivity index (χ1) is 6.66. The Morgan fingerprint density at radius 3 is 2.64 bits per heavy atom. The van der Waals surface area contributed by atoms with Gasteiger partial charge in [-0.3, -0.25) is 0 Å². The maximum absolute atomic E-state index is 5.81. The van der Waals surface area contributed by atoms with E-state index in [4.69, 9.17) is 5.73 Å². The molecule has 0 spiro atoms. The summed E-state index contributed by atoms with van der Waals surface area (Å²) >= 11 is 0. The number of rotatable bonds is 3. The monoisotopic (exact) mass is 197 g/mol. The Kier molecular flexibility index (Phi) is 3.10. The molecule has 14 heavy (non-hydrogen) atoms. The highest BCUT2D eigenvalue weighted by Crippen LogP contribution is 2.24. The van der Waals surface area contributed by atoms with Crippen LogP contribution in [0.5, 0.6) is 0 Å². The van der Waals surface area contributed by atoms with Crippen LogP contribution in [-0.4, -0.2) is 55.1 Å². The predicted molar refractivity (Wildman–Crippen MR) is 59.3 cm³/mol. The lowest BCUT2D eigenvalue weighted by Crippen LogP contribution is -2.51. The fourth-order valence-electron chi connectivity index (χ4n) is 2.68. The number of likely N-dealkylation sites (tertiary alicyclic amines) is 1. The van der Waals surface area contributed by atoms with Gasteiger partial charge in [0.25, 0.3) is 0 Å². The van der Waals surface area contributed by atoms with Crippen LogP contribution in [-0.2, 0) is 0 Å². The van der Waals surface area contributed by atoms with Gasteiger partial charge in [0, 0.05) is 24.7 Å². The van der Waals surface area contributed by atoms with Crippen LogP contribution in [0.2, 0.25) is 0 Å². The Morgan fingerprint density at radius 1 is 1.43 bits per heavy atom. The lowest BCUT2D eigenvalue weighted by molar-refractivity contribution is 0.110. The first-order valence-corrected chi connectivity index (χ1v) is 5.83. The summed E-state index contributed by atoms with van der Waals surface area (Å²) in [6.07, 6.45) is 5.15. The van der Waals surface area contributed by atoms with E-state index in [-0.39, 0.29) is 0 Å². The van der Waals surface area contributed by atoms with Gasteiger partial charge in [0.05, 0.1) is 0 Å². The fourth-order valence-corrected chi connectivity index (χ4v) is 2.68. The Labute approximate surface area is 87.2 Å². The first-order valence-electron chi connectivity index (χ1n) is 5.83. The minimum atomic E-state index is 0.476. The first kappa shape index (κ1) is 10.4. The van der Waals surface area contributed by atoms with Crippen molar-refractivity contribution in [1.82, 2.24) is 9.80 Å². The van der Waals surface area contributed by atoms with E-state index in [9.17, 15) is 0 Å². The average Bonchev–Trinajstić information content (AvgIpc) is 2.46. The third kappa shape index (κ3) is 2.10. The minimum absolute atomic E-state index is 0.476. The van der Waals surface area contributed by atoms with E-state index in [1.54, 1.807) is 0 Å². The molecule has 0 bridgehead atoms. The number of nitrogens with two attached hydrogens (primary N) is 1. The van der Waals surface area contributed by atoms with Crippen molar-refractivity contribution in [2.45, 2.75) is 43.8 Å². The minimum Gasteiger partial charge on any atom is -0.328 e. The molecule has 3 heteroatoms. The Hall–Kier alpha value is -0.120. The SMILES string of the molecule is CN1CCCC1CN(C)C1CC(N)C1. The Morgan fingerprint density at radius 2 is 2.14 bits per heavy atom. The molecule has 2 rings (SSSR count). The van der Waals surface area contributed by atoms with Crippen molar-refractivity contribution in [3.8, 4) is 0 Å². The fraction of sp³-hybridized carbons (Fsp3) is 1.00. The molecule has 2 N–H and O–H groups in total. The molecule has 3 nitrogen and oxygen atoms in total.